The molecule has 0 fully saturated rings. The van der Waals surface area contributed by atoms with Crippen molar-refractivity contribution < 1.29 is 9.13 Å². The second-order valence-electron chi connectivity index (χ2n) is 3.96. The summed E-state index contributed by atoms with van der Waals surface area (Å²) in [6.45, 7) is 0. The van der Waals surface area contributed by atoms with Crippen molar-refractivity contribution >= 4 is 5.52 Å². The Kier molecular flexibility index (Phi) is 2.48. The number of methoxy groups -OCH3 is 1. The summed E-state index contributed by atoms with van der Waals surface area (Å²) in [6, 6.07) is 10.2. The molecule has 18 heavy (non-hydrogen) atoms. The first-order valence-electron chi connectivity index (χ1n) is 5.55. The number of imidazole rings is 1. The second-order valence-corrected chi connectivity index (χ2v) is 3.96. The summed E-state index contributed by atoms with van der Waals surface area (Å²) in [5.74, 6) is 1.16. The van der Waals surface area contributed by atoms with Gasteiger partial charge in [-0.25, -0.2) is 9.37 Å². The molecule has 0 radical (unpaired) electrons. The van der Waals surface area contributed by atoms with Gasteiger partial charge in [-0.3, -0.25) is 4.40 Å². The van der Waals surface area contributed by atoms with Gasteiger partial charge in [0.15, 0.2) is 0 Å². The zero-order valence-corrected chi connectivity index (χ0v) is 9.80. The molecule has 0 aliphatic heterocycles. The van der Waals surface area contributed by atoms with Gasteiger partial charge < -0.3 is 4.74 Å². The van der Waals surface area contributed by atoms with E-state index in [0.29, 0.717) is 5.82 Å². The molecular formula is C14H11FN2O. The van der Waals surface area contributed by atoms with Gasteiger partial charge in [0.2, 0.25) is 0 Å². The summed E-state index contributed by atoms with van der Waals surface area (Å²) in [5, 5.41) is 0. The van der Waals surface area contributed by atoms with E-state index in [1.807, 2.05) is 28.8 Å². The largest absolute Gasteiger partial charge is 0.495 e. The molecule has 0 aliphatic rings. The fourth-order valence-electron chi connectivity index (χ4n) is 1.93. The van der Waals surface area contributed by atoms with E-state index in [-0.39, 0.29) is 5.82 Å². The first-order valence-corrected chi connectivity index (χ1v) is 5.55. The van der Waals surface area contributed by atoms with Crippen LogP contribution in [0.15, 0.2) is 48.8 Å². The maximum absolute atomic E-state index is 13.2. The van der Waals surface area contributed by atoms with E-state index >= 15 is 0 Å². The molecule has 0 unspecified atom stereocenters. The van der Waals surface area contributed by atoms with Crippen LogP contribution in [-0.4, -0.2) is 16.5 Å². The molecule has 0 N–H and O–H groups in total. The molecule has 3 rings (SSSR count). The third-order valence-electron chi connectivity index (χ3n) is 2.82. The zero-order chi connectivity index (χ0) is 12.5. The molecule has 90 valence electrons. The third-order valence-corrected chi connectivity index (χ3v) is 2.82. The maximum atomic E-state index is 13.2. The molecule has 4 heteroatoms. The van der Waals surface area contributed by atoms with Gasteiger partial charge in [-0.05, 0) is 24.3 Å². The zero-order valence-electron chi connectivity index (χ0n) is 9.80. The molecule has 0 atom stereocenters. The molecule has 3 nitrogen and oxygen atoms in total. The Morgan fingerprint density at radius 3 is 2.89 bits per heavy atom. The molecule has 0 saturated heterocycles. The first kappa shape index (κ1) is 10.8. The van der Waals surface area contributed by atoms with Crippen LogP contribution in [0.25, 0.3) is 16.9 Å². The van der Waals surface area contributed by atoms with Crippen LogP contribution in [0.3, 0.4) is 0 Å². The Balaban J connectivity index is 2.22. The fraction of sp³-hybridized carbons (Fsp3) is 0.0714. The number of hydrogen-bond donors (Lipinski definition) is 0. The van der Waals surface area contributed by atoms with E-state index in [1.165, 1.54) is 12.1 Å². The number of rotatable bonds is 2. The molecule has 0 bridgehead atoms. The summed E-state index contributed by atoms with van der Waals surface area (Å²) < 4.78 is 20.3. The van der Waals surface area contributed by atoms with E-state index in [9.17, 15) is 4.39 Å². The second kappa shape index (κ2) is 4.14. The summed E-state index contributed by atoms with van der Waals surface area (Å²) in [4.78, 5) is 4.32. The smallest absolute Gasteiger partial charge is 0.144 e. The lowest BCUT2D eigenvalue weighted by molar-refractivity contribution is 0.412. The van der Waals surface area contributed by atoms with Crippen LogP contribution < -0.4 is 4.74 Å². The van der Waals surface area contributed by atoms with E-state index in [4.69, 9.17) is 4.74 Å². The number of pyridine rings is 1. The monoisotopic (exact) mass is 242 g/mol. The third kappa shape index (κ3) is 1.72. The van der Waals surface area contributed by atoms with Crippen molar-refractivity contribution in [3.8, 4) is 17.1 Å². The van der Waals surface area contributed by atoms with Crippen molar-refractivity contribution in [3.05, 3.63) is 54.6 Å². The quantitative estimate of drug-likeness (QED) is 0.690. The molecule has 0 saturated carbocycles. The van der Waals surface area contributed by atoms with Crippen molar-refractivity contribution in [3.63, 3.8) is 0 Å². The number of nitrogens with zero attached hydrogens (tertiary/aromatic N) is 2. The lowest BCUT2D eigenvalue weighted by Crippen LogP contribution is -1.92. The minimum absolute atomic E-state index is 0.271. The topological polar surface area (TPSA) is 26.5 Å². The maximum Gasteiger partial charge on any atom is 0.144 e. The lowest BCUT2D eigenvalue weighted by Gasteiger charge is -2.04. The molecule has 0 amide bonds. The van der Waals surface area contributed by atoms with E-state index in [1.54, 1.807) is 19.4 Å². The van der Waals surface area contributed by atoms with E-state index < -0.39 is 0 Å². The van der Waals surface area contributed by atoms with Crippen LogP contribution in [0.1, 0.15) is 0 Å². The number of halogens is 1. The number of aromatic nitrogens is 2. The Morgan fingerprint density at radius 1 is 1.22 bits per heavy atom. The number of hydrogen-bond acceptors (Lipinski definition) is 2. The Labute approximate surface area is 103 Å². The number of benzene rings is 1. The summed E-state index contributed by atoms with van der Waals surface area (Å²) in [6.07, 6.45) is 3.59. The normalized spacial score (nSPS) is 10.8. The molecular weight excluding hydrogens is 231 g/mol. The number of fused-ring (bicyclic) bond motifs is 1. The van der Waals surface area contributed by atoms with Crippen molar-refractivity contribution in [1.29, 1.82) is 0 Å². The highest BCUT2D eigenvalue weighted by molar-refractivity contribution is 5.62. The van der Waals surface area contributed by atoms with Crippen LogP contribution >= 0.6 is 0 Å². The van der Waals surface area contributed by atoms with Crippen LogP contribution in [-0.2, 0) is 0 Å². The van der Waals surface area contributed by atoms with Crippen molar-refractivity contribution in [2.24, 2.45) is 0 Å². The molecule has 1 aromatic carbocycles. The van der Waals surface area contributed by atoms with E-state index in [2.05, 4.69) is 4.98 Å². The van der Waals surface area contributed by atoms with Crippen molar-refractivity contribution in [1.82, 2.24) is 9.38 Å². The average Bonchev–Trinajstić information content (AvgIpc) is 2.81. The Bertz CT molecular complexity index is 706. The molecule has 2 aromatic heterocycles. The van der Waals surface area contributed by atoms with Crippen LogP contribution in [0.4, 0.5) is 4.39 Å². The minimum Gasteiger partial charge on any atom is -0.495 e. The molecule has 2 heterocycles. The molecule has 0 aliphatic carbocycles. The average molecular weight is 242 g/mol. The van der Waals surface area contributed by atoms with Gasteiger partial charge in [0.05, 0.1) is 25.0 Å². The highest BCUT2D eigenvalue weighted by Gasteiger charge is 2.07. The standard InChI is InChI=1S/C14H11FN2O/c1-18-13-6-5-12-8-16-14(17(12)9-13)10-3-2-4-11(15)7-10/h2-9H,1H3. The predicted molar refractivity (Wildman–Crippen MR) is 67.1 cm³/mol. The summed E-state index contributed by atoms with van der Waals surface area (Å²) >= 11 is 0. The summed E-state index contributed by atoms with van der Waals surface area (Å²) in [5.41, 5.74) is 1.68. The highest BCUT2D eigenvalue weighted by atomic mass is 19.1. The van der Waals surface area contributed by atoms with Crippen LogP contribution in [0.2, 0.25) is 0 Å². The van der Waals surface area contributed by atoms with Gasteiger partial charge in [0.25, 0.3) is 0 Å². The van der Waals surface area contributed by atoms with Crippen LogP contribution in [0.5, 0.6) is 5.75 Å². The lowest BCUT2D eigenvalue weighted by atomic mass is 10.2. The van der Waals surface area contributed by atoms with Gasteiger partial charge in [0.1, 0.15) is 17.4 Å². The van der Waals surface area contributed by atoms with Gasteiger partial charge in [-0.15, -0.1) is 0 Å². The SMILES string of the molecule is COc1ccc2cnc(-c3cccc(F)c3)n2c1. The Morgan fingerprint density at radius 2 is 2.11 bits per heavy atom. The van der Waals surface area contributed by atoms with Gasteiger partial charge >= 0.3 is 0 Å². The van der Waals surface area contributed by atoms with Gasteiger partial charge in [-0.2, -0.15) is 0 Å². The predicted octanol–water partition coefficient (Wildman–Crippen LogP) is 3.15. The fourth-order valence-corrected chi connectivity index (χ4v) is 1.93. The molecule has 3 aromatic rings. The minimum atomic E-state index is -0.271. The molecule has 0 spiro atoms. The van der Waals surface area contributed by atoms with E-state index in [0.717, 1.165) is 16.8 Å². The first-order chi connectivity index (χ1) is 8.78. The Hall–Kier alpha value is -2.36. The summed E-state index contributed by atoms with van der Waals surface area (Å²) in [7, 11) is 1.61. The van der Waals surface area contributed by atoms with Gasteiger partial charge in [0, 0.05) is 5.56 Å². The highest BCUT2D eigenvalue weighted by Crippen LogP contribution is 2.22. The van der Waals surface area contributed by atoms with Crippen LogP contribution in [0, 0.1) is 5.82 Å². The number of ether oxygens (including phenoxy) is 1. The van der Waals surface area contributed by atoms with Crippen molar-refractivity contribution in [2.45, 2.75) is 0 Å². The van der Waals surface area contributed by atoms with Gasteiger partial charge in [-0.1, -0.05) is 12.1 Å². The van der Waals surface area contributed by atoms with Crippen molar-refractivity contribution in [2.75, 3.05) is 7.11 Å².